The molecule has 2 aromatic heterocycles. The quantitative estimate of drug-likeness (QED) is 0.339. The Hall–Kier alpha value is -3.30. The molecule has 9 heteroatoms. The van der Waals surface area contributed by atoms with Crippen LogP contribution in [0.25, 0.3) is 11.0 Å². The third-order valence-electron chi connectivity index (χ3n) is 5.39. The van der Waals surface area contributed by atoms with Crippen LogP contribution in [-0.2, 0) is 4.74 Å². The zero-order valence-corrected chi connectivity index (χ0v) is 20.0. The number of amides is 1. The van der Waals surface area contributed by atoms with E-state index in [-0.39, 0.29) is 23.4 Å². The number of hydrogen-bond acceptors (Lipinski definition) is 7. The largest absolute Gasteiger partial charge is 0.462 e. The lowest BCUT2D eigenvalue weighted by atomic mass is 9.99. The number of benzene rings is 2. The molecule has 0 spiro atoms. The van der Waals surface area contributed by atoms with Crippen molar-refractivity contribution in [3.05, 3.63) is 90.7 Å². The summed E-state index contributed by atoms with van der Waals surface area (Å²) in [5.41, 5.74) is 1.49. The van der Waals surface area contributed by atoms with Gasteiger partial charge in [0, 0.05) is 4.47 Å². The van der Waals surface area contributed by atoms with Crippen LogP contribution in [0.2, 0.25) is 0 Å². The minimum absolute atomic E-state index is 0.0192. The summed E-state index contributed by atoms with van der Waals surface area (Å²) >= 11 is 4.53. The van der Waals surface area contributed by atoms with Crippen molar-refractivity contribution < 1.29 is 18.7 Å². The molecule has 4 aromatic rings. The monoisotopic (exact) mass is 524 g/mol. The van der Waals surface area contributed by atoms with E-state index < -0.39 is 17.9 Å². The number of aromatic nitrogens is 1. The first kappa shape index (κ1) is 21.5. The molecule has 5 rings (SSSR count). The summed E-state index contributed by atoms with van der Waals surface area (Å²) in [6.45, 7) is 3.64. The predicted octanol–water partition coefficient (Wildman–Crippen LogP) is 5.25. The maximum Gasteiger partial charge on any atom is 0.350 e. The first-order valence-corrected chi connectivity index (χ1v) is 11.8. The minimum Gasteiger partial charge on any atom is -0.462 e. The van der Waals surface area contributed by atoms with E-state index in [9.17, 15) is 14.4 Å². The van der Waals surface area contributed by atoms with Gasteiger partial charge >= 0.3 is 5.97 Å². The van der Waals surface area contributed by atoms with E-state index in [4.69, 9.17) is 9.15 Å². The second-order valence-electron chi connectivity index (χ2n) is 7.43. The number of nitrogens with zero attached hydrogens (tertiary/aromatic N) is 2. The van der Waals surface area contributed by atoms with Gasteiger partial charge < -0.3 is 9.15 Å². The Balaban J connectivity index is 1.75. The van der Waals surface area contributed by atoms with Gasteiger partial charge in [0.25, 0.3) is 5.91 Å². The smallest absolute Gasteiger partial charge is 0.350 e. The lowest BCUT2D eigenvalue weighted by molar-refractivity contribution is 0.0531. The molecule has 1 atom stereocenters. The fourth-order valence-electron chi connectivity index (χ4n) is 3.98. The summed E-state index contributed by atoms with van der Waals surface area (Å²) in [4.78, 5) is 45.8. The van der Waals surface area contributed by atoms with Crippen molar-refractivity contribution in [3.63, 3.8) is 0 Å². The van der Waals surface area contributed by atoms with E-state index >= 15 is 0 Å². The Labute approximate surface area is 200 Å². The molecule has 0 saturated carbocycles. The molecule has 166 valence electrons. The number of anilines is 1. The van der Waals surface area contributed by atoms with E-state index in [1.165, 1.54) is 4.90 Å². The van der Waals surface area contributed by atoms with Crippen LogP contribution in [-0.4, -0.2) is 23.5 Å². The molecule has 0 radical (unpaired) electrons. The molecule has 33 heavy (non-hydrogen) atoms. The lowest BCUT2D eigenvalue weighted by Gasteiger charge is -2.22. The highest BCUT2D eigenvalue weighted by molar-refractivity contribution is 9.10. The second-order valence-corrected chi connectivity index (χ2v) is 9.33. The molecule has 0 saturated heterocycles. The molecule has 2 aromatic carbocycles. The molecule has 0 bridgehead atoms. The molecule has 1 aliphatic heterocycles. The molecule has 0 unspecified atom stereocenters. The van der Waals surface area contributed by atoms with Gasteiger partial charge in [-0.1, -0.05) is 51.5 Å². The van der Waals surface area contributed by atoms with Crippen LogP contribution in [0, 0.1) is 6.92 Å². The maximum atomic E-state index is 13.6. The third-order valence-corrected chi connectivity index (χ3v) is 7.02. The topological polar surface area (TPSA) is 89.7 Å². The summed E-state index contributed by atoms with van der Waals surface area (Å²) in [7, 11) is 0. The number of rotatable bonds is 4. The van der Waals surface area contributed by atoms with Gasteiger partial charge in [0.2, 0.25) is 5.76 Å². The van der Waals surface area contributed by atoms with Gasteiger partial charge in [-0.2, -0.15) is 0 Å². The van der Waals surface area contributed by atoms with Gasteiger partial charge in [0.15, 0.2) is 10.6 Å². The molecule has 1 aliphatic rings. The predicted molar refractivity (Wildman–Crippen MR) is 128 cm³/mol. The number of thiazole rings is 1. The van der Waals surface area contributed by atoms with Crippen molar-refractivity contribution >= 4 is 55.2 Å². The van der Waals surface area contributed by atoms with Gasteiger partial charge in [-0.25, -0.2) is 9.78 Å². The molecule has 1 amide bonds. The van der Waals surface area contributed by atoms with Gasteiger partial charge in [-0.3, -0.25) is 14.5 Å². The minimum atomic E-state index is -0.758. The Morgan fingerprint density at radius 1 is 1.21 bits per heavy atom. The second kappa shape index (κ2) is 8.24. The van der Waals surface area contributed by atoms with E-state index in [0.29, 0.717) is 32.2 Å². The Morgan fingerprint density at radius 2 is 2.00 bits per heavy atom. The van der Waals surface area contributed by atoms with Crippen LogP contribution < -0.4 is 10.3 Å². The molecular formula is C24H17BrN2O5S. The van der Waals surface area contributed by atoms with E-state index in [1.54, 1.807) is 38.1 Å². The number of ether oxygens (including phenoxy) is 1. The third kappa shape index (κ3) is 3.48. The summed E-state index contributed by atoms with van der Waals surface area (Å²) in [6.07, 6.45) is 0. The first-order chi connectivity index (χ1) is 15.9. The van der Waals surface area contributed by atoms with E-state index in [2.05, 4.69) is 20.9 Å². The summed E-state index contributed by atoms with van der Waals surface area (Å²) in [5, 5.41) is 0.689. The van der Waals surface area contributed by atoms with Crippen LogP contribution in [0.1, 0.15) is 50.0 Å². The van der Waals surface area contributed by atoms with Gasteiger partial charge in [0.1, 0.15) is 10.5 Å². The van der Waals surface area contributed by atoms with E-state index in [0.717, 1.165) is 15.8 Å². The van der Waals surface area contributed by atoms with Crippen LogP contribution in [0.3, 0.4) is 0 Å². The van der Waals surface area contributed by atoms with Crippen LogP contribution in [0.15, 0.2) is 62.2 Å². The lowest BCUT2D eigenvalue weighted by Crippen LogP contribution is -2.29. The Kier molecular flexibility index (Phi) is 5.38. The Morgan fingerprint density at radius 3 is 2.76 bits per heavy atom. The van der Waals surface area contributed by atoms with Crippen molar-refractivity contribution in [1.29, 1.82) is 0 Å². The molecule has 3 heterocycles. The highest BCUT2D eigenvalue weighted by Gasteiger charge is 2.45. The zero-order valence-electron chi connectivity index (χ0n) is 17.6. The highest BCUT2D eigenvalue weighted by Crippen LogP contribution is 2.43. The standard InChI is InChI=1S/C24H17BrN2O5S/c1-3-31-23(30)21-12(2)26-24(33-21)27-18(13-7-6-8-14(25)11-13)17-19(28)15-9-4-5-10-16(15)32-20(17)22(27)29/h4-11,18H,3H2,1-2H3/t18-/m1/s1. The van der Waals surface area contributed by atoms with Gasteiger partial charge in [0.05, 0.1) is 29.3 Å². The van der Waals surface area contributed by atoms with Crippen molar-refractivity contribution in [2.45, 2.75) is 19.9 Å². The number of carbonyl (C=O) groups excluding carboxylic acids is 2. The number of esters is 1. The molecule has 0 N–H and O–H groups in total. The number of halogens is 1. The number of para-hydroxylation sites is 1. The van der Waals surface area contributed by atoms with Crippen molar-refractivity contribution in [2.24, 2.45) is 0 Å². The van der Waals surface area contributed by atoms with Crippen LogP contribution in [0.5, 0.6) is 0 Å². The number of aryl methyl sites for hydroxylation is 1. The first-order valence-electron chi connectivity index (χ1n) is 10.2. The number of fused-ring (bicyclic) bond motifs is 2. The normalized spacial score (nSPS) is 15.2. The molecule has 0 fully saturated rings. The molecule has 0 aliphatic carbocycles. The van der Waals surface area contributed by atoms with Crippen LogP contribution in [0.4, 0.5) is 5.13 Å². The summed E-state index contributed by atoms with van der Waals surface area (Å²) in [5.74, 6) is -1.00. The zero-order chi connectivity index (χ0) is 23.3. The number of carbonyl (C=O) groups is 2. The average molecular weight is 525 g/mol. The summed E-state index contributed by atoms with van der Waals surface area (Å²) < 4.78 is 11.9. The van der Waals surface area contributed by atoms with Gasteiger partial charge in [-0.05, 0) is 43.7 Å². The highest BCUT2D eigenvalue weighted by atomic mass is 79.9. The SMILES string of the molecule is CCOC(=O)c1sc(N2C(=O)c3oc4ccccc4c(=O)c3[C@H]2c2cccc(Br)c2)nc1C. The number of hydrogen-bond donors (Lipinski definition) is 0. The fraction of sp³-hybridized carbons (Fsp3) is 0.167. The van der Waals surface area contributed by atoms with Crippen molar-refractivity contribution in [1.82, 2.24) is 4.98 Å². The molecule has 7 nitrogen and oxygen atoms in total. The van der Waals surface area contributed by atoms with Crippen LogP contribution >= 0.6 is 27.3 Å². The summed E-state index contributed by atoms with van der Waals surface area (Å²) in [6, 6.07) is 13.5. The average Bonchev–Trinajstić information content (AvgIpc) is 3.32. The fourth-order valence-corrected chi connectivity index (χ4v) is 5.38. The van der Waals surface area contributed by atoms with E-state index in [1.807, 2.05) is 24.3 Å². The molecular weight excluding hydrogens is 508 g/mol. The Bertz CT molecular complexity index is 1490. The van der Waals surface area contributed by atoms with Gasteiger partial charge in [-0.15, -0.1) is 0 Å². The maximum absolute atomic E-state index is 13.6. The van der Waals surface area contributed by atoms with Crippen molar-refractivity contribution in [2.75, 3.05) is 11.5 Å². The van der Waals surface area contributed by atoms with Crippen molar-refractivity contribution in [3.8, 4) is 0 Å².